The monoisotopic (exact) mass is 303 g/mol. The molecule has 0 radical (unpaired) electrons. The predicted molar refractivity (Wildman–Crippen MR) is 72.6 cm³/mol. The lowest BCUT2D eigenvalue weighted by Gasteiger charge is -2.27. The van der Waals surface area contributed by atoms with E-state index in [2.05, 4.69) is 15.3 Å². The zero-order valence-corrected chi connectivity index (χ0v) is 12.0. The molecule has 19 heavy (non-hydrogen) atoms. The minimum atomic E-state index is -0.342. The fraction of sp³-hybridized carbons (Fsp3) is 0.583. The van der Waals surface area contributed by atoms with Crippen molar-refractivity contribution in [3.8, 4) is 0 Å². The quantitative estimate of drug-likeness (QED) is 0.871. The van der Waals surface area contributed by atoms with Gasteiger partial charge in [0.15, 0.2) is 0 Å². The number of nitrogens with one attached hydrogen (secondary N) is 1. The summed E-state index contributed by atoms with van der Waals surface area (Å²) in [6.07, 6.45) is 3.96. The lowest BCUT2D eigenvalue weighted by molar-refractivity contribution is 0.0597. The van der Waals surface area contributed by atoms with Crippen molar-refractivity contribution in [2.24, 2.45) is 0 Å². The standard InChI is InChI=1S/C12H15Cl2N3O2/c1-19-8-4-2-7(3-5-8)15-12(18)11-16-9(13)6-10(14)17-11/h6-8H,2-5H2,1H3,(H,15,18). The second-order valence-corrected chi connectivity index (χ2v) is 5.29. The summed E-state index contributed by atoms with van der Waals surface area (Å²) < 4.78 is 5.29. The molecule has 1 saturated carbocycles. The zero-order chi connectivity index (χ0) is 13.8. The van der Waals surface area contributed by atoms with Crippen LogP contribution in [-0.4, -0.2) is 35.1 Å². The molecule has 1 aliphatic rings. The van der Waals surface area contributed by atoms with Gasteiger partial charge in [-0.05, 0) is 25.7 Å². The molecule has 1 aliphatic carbocycles. The summed E-state index contributed by atoms with van der Waals surface area (Å²) in [5.41, 5.74) is 0. The van der Waals surface area contributed by atoms with E-state index in [1.54, 1.807) is 7.11 Å². The van der Waals surface area contributed by atoms with E-state index in [0.29, 0.717) is 6.10 Å². The summed E-state index contributed by atoms with van der Waals surface area (Å²) in [6, 6.07) is 1.52. The summed E-state index contributed by atoms with van der Waals surface area (Å²) in [5.74, 6) is -0.336. The van der Waals surface area contributed by atoms with Gasteiger partial charge in [0.1, 0.15) is 10.3 Å². The van der Waals surface area contributed by atoms with Gasteiger partial charge >= 0.3 is 0 Å². The van der Waals surface area contributed by atoms with Crippen LogP contribution in [0.4, 0.5) is 0 Å². The summed E-state index contributed by atoms with van der Waals surface area (Å²) in [6.45, 7) is 0. The first-order valence-corrected chi connectivity index (χ1v) is 6.88. The second-order valence-electron chi connectivity index (χ2n) is 4.52. The maximum absolute atomic E-state index is 12.0. The molecular formula is C12H15Cl2N3O2. The van der Waals surface area contributed by atoms with Crippen LogP contribution in [0.1, 0.15) is 36.3 Å². The topological polar surface area (TPSA) is 64.1 Å². The molecule has 0 spiro atoms. The molecule has 0 aliphatic heterocycles. The third-order valence-corrected chi connectivity index (χ3v) is 3.60. The maximum atomic E-state index is 12.0. The van der Waals surface area contributed by atoms with Gasteiger partial charge in [0, 0.05) is 19.2 Å². The fourth-order valence-electron chi connectivity index (χ4n) is 2.18. The molecule has 1 aromatic rings. The Labute approximate surface area is 121 Å². The van der Waals surface area contributed by atoms with Crippen LogP contribution in [0, 0.1) is 0 Å². The normalized spacial score (nSPS) is 23.1. The molecule has 1 fully saturated rings. The number of aromatic nitrogens is 2. The molecular weight excluding hydrogens is 289 g/mol. The fourth-order valence-corrected chi connectivity index (χ4v) is 2.61. The Balaban J connectivity index is 1.94. The van der Waals surface area contributed by atoms with Gasteiger partial charge in [-0.15, -0.1) is 0 Å². The maximum Gasteiger partial charge on any atom is 0.289 e. The van der Waals surface area contributed by atoms with Crippen molar-refractivity contribution in [2.75, 3.05) is 7.11 Å². The van der Waals surface area contributed by atoms with Gasteiger partial charge in [0.05, 0.1) is 6.10 Å². The van der Waals surface area contributed by atoms with Gasteiger partial charge < -0.3 is 10.1 Å². The molecule has 1 N–H and O–H groups in total. The predicted octanol–water partition coefficient (Wildman–Crippen LogP) is 2.47. The van der Waals surface area contributed by atoms with E-state index in [1.165, 1.54) is 6.07 Å². The number of rotatable bonds is 3. The van der Waals surface area contributed by atoms with Gasteiger partial charge in [-0.3, -0.25) is 4.79 Å². The number of ether oxygens (including phenoxy) is 1. The first kappa shape index (κ1) is 14.5. The van der Waals surface area contributed by atoms with Crippen molar-refractivity contribution in [1.82, 2.24) is 15.3 Å². The third kappa shape index (κ3) is 4.03. The summed E-state index contributed by atoms with van der Waals surface area (Å²) in [7, 11) is 1.71. The van der Waals surface area contributed by atoms with Gasteiger partial charge in [-0.1, -0.05) is 23.2 Å². The zero-order valence-electron chi connectivity index (χ0n) is 10.5. The Bertz CT molecular complexity index is 442. The average molecular weight is 304 g/mol. The van der Waals surface area contributed by atoms with E-state index in [4.69, 9.17) is 27.9 Å². The molecule has 1 aromatic heterocycles. The van der Waals surface area contributed by atoms with Crippen LogP contribution in [-0.2, 0) is 4.74 Å². The lowest BCUT2D eigenvalue weighted by Crippen LogP contribution is -2.39. The highest BCUT2D eigenvalue weighted by Crippen LogP contribution is 2.21. The van der Waals surface area contributed by atoms with Crippen LogP contribution in [0.2, 0.25) is 10.3 Å². The Morgan fingerprint density at radius 3 is 2.37 bits per heavy atom. The molecule has 0 aromatic carbocycles. The molecule has 104 valence electrons. The van der Waals surface area contributed by atoms with Crippen LogP contribution in [0.5, 0.6) is 0 Å². The molecule has 0 bridgehead atoms. The largest absolute Gasteiger partial charge is 0.381 e. The number of methoxy groups -OCH3 is 1. The highest BCUT2D eigenvalue weighted by molar-refractivity contribution is 6.33. The van der Waals surface area contributed by atoms with Crippen molar-refractivity contribution in [3.63, 3.8) is 0 Å². The summed E-state index contributed by atoms with van der Waals surface area (Å²) in [5, 5.41) is 3.22. The van der Waals surface area contributed by atoms with Crippen molar-refractivity contribution in [1.29, 1.82) is 0 Å². The molecule has 2 rings (SSSR count). The van der Waals surface area contributed by atoms with E-state index in [-0.39, 0.29) is 28.1 Å². The number of halogens is 2. The number of amides is 1. The highest BCUT2D eigenvalue weighted by atomic mass is 35.5. The van der Waals surface area contributed by atoms with E-state index in [9.17, 15) is 4.79 Å². The third-order valence-electron chi connectivity index (χ3n) is 3.21. The van der Waals surface area contributed by atoms with Crippen LogP contribution in [0.3, 0.4) is 0 Å². The van der Waals surface area contributed by atoms with E-state index in [0.717, 1.165) is 25.7 Å². The molecule has 1 amide bonds. The van der Waals surface area contributed by atoms with Gasteiger partial charge in [0.25, 0.3) is 5.91 Å². The van der Waals surface area contributed by atoms with Crippen molar-refractivity contribution in [2.45, 2.75) is 37.8 Å². The van der Waals surface area contributed by atoms with Crippen LogP contribution < -0.4 is 5.32 Å². The summed E-state index contributed by atoms with van der Waals surface area (Å²) in [4.78, 5) is 19.7. The highest BCUT2D eigenvalue weighted by Gasteiger charge is 2.23. The van der Waals surface area contributed by atoms with E-state index in [1.807, 2.05) is 0 Å². The number of hydrogen-bond acceptors (Lipinski definition) is 4. The minimum absolute atomic E-state index is 0.00589. The van der Waals surface area contributed by atoms with Crippen LogP contribution >= 0.6 is 23.2 Å². The Kier molecular flexibility index (Phi) is 4.96. The SMILES string of the molecule is COC1CCC(NC(=O)c2nc(Cl)cc(Cl)n2)CC1. The van der Waals surface area contributed by atoms with E-state index >= 15 is 0 Å². The van der Waals surface area contributed by atoms with Gasteiger partial charge in [-0.2, -0.15) is 0 Å². The lowest BCUT2D eigenvalue weighted by atomic mass is 9.93. The molecule has 0 unspecified atom stereocenters. The average Bonchev–Trinajstić information content (AvgIpc) is 2.38. The first-order chi connectivity index (χ1) is 9.08. The Hall–Kier alpha value is -0.910. The Morgan fingerprint density at radius 2 is 1.84 bits per heavy atom. The number of carbonyl (C=O) groups excluding carboxylic acids is 1. The van der Waals surface area contributed by atoms with Gasteiger partial charge in [0.2, 0.25) is 5.82 Å². The number of carbonyl (C=O) groups is 1. The molecule has 5 nitrogen and oxygen atoms in total. The number of nitrogens with zero attached hydrogens (tertiary/aromatic N) is 2. The minimum Gasteiger partial charge on any atom is -0.381 e. The van der Waals surface area contributed by atoms with Crippen molar-refractivity contribution >= 4 is 29.1 Å². The van der Waals surface area contributed by atoms with Crippen molar-refractivity contribution < 1.29 is 9.53 Å². The Morgan fingerprint density at radius 1 is 1.26 bits per heavy atom. The van der Waals surface area contributed by atoms with E-state index < -0.39 is 0 Å². The smallest absolute Gasteiger partial charge is 0.289 e. The molecule has 0 atom stereocenters. The second kappa shape index (κ2) is 6.50. The summed E-state index contributed by atoms with van der Waals surface area (Å²) >= 11 is 11.5. The molecule has 7 heteroatoms. The van der Waals surface area contributed by atoms with Crippen LogP contribution in [0.15, 0.2) is 6.07 Å². The molecule has 1 heterocycles. The van der Waals surface area contributed by atoms with Crippen molar-refractivity contribution in [3.05, 3.63) is 22.2 Å². The number of hydrogen-bond donors (Lipinski definition) is 1. The van der Waals surface area contributed by atoms with Gasteiger partial charge in [-0.25, -0.2) is 9.97 Å². The van der Waals surface area contributed by atoms with Crippen LogP contribution in [0.25, 0.3) is 0 Å². The molecule has 0 saturated heterocycles. The first-order valence-electron chi connectivity index (χ1n) is 6.12.